The number of aryl methyl sites for hydroxylation is 1. The molecule has 2 aliphatic heterocycles. The van der Waals surface area contributed by atoms with Gasteiger partial charge in [0.25, 0.3) is 0 Å². The van der Waals surface area contributed by atoms with Crippen molar-refractivity contribution in [1.29, 1.82) is 0 Å². The minimum atomic E-state index is 0.0541. The normalized spacial score (nSPS) is 19.5. The van der Waals surface area contributed by atoms with Gasteiger partial charge in [0.05, 0.1) is 0 Å². The molecule has 2 aliphatic rings. The number of carbonyl (C=O) groups is 1. The van der Waals surface area contributed by atoms with Crippen molar-refractivity contribution in [3.05, 3.63) is 47.9 Å². The molecule has 2 amide bonds. The molecular formula is C22H30N6O. The van der Waals surface area contributed by atoms with Crippen molar-refractivity contribution in [3.63, 3.8) is 0 Å². The molecule has 29 heavy (non-hydrogen) atoms. The van der Waals surface area contributed by atoms with E-state index in [-0.39, 0.29) is 6.03 Å². The zero-order valence-corrected chi connectivity index (χ0v) is 17.3. The van der Waals surface area contributed by atoms with Crippen molar-refractivity contribution in [2.45, 2.75) is 20.3 Å². The summed E-state index contributed by atoms with van der Waals surface area (Å²) in [6.45, 7) is 9.91. The van der Waals surface area contributed by atoms with Crippen LogP contribution < -0.4 is 15.1 Å². The quantitative estimate of drug-likeness (QED) is 0.863. The van der Waals surface area contributed by atoms with Gasteiger partial charge in [-0.1, -0.05) is 18.2 Å². The van der Waals surface area contributed by atoms with Gasteiger partial charge in [-0.05, 0) is 38.3 Å². The van der Waals surface area contributed by atoms with Crippen LogP contribution in [-0.4, -0.2) is 66.7 Å². The van der Waals surface area contributed by atoms with E-state index < -0.39 is 0 Å². The summed E-state index contributed by atoms with van der Waals surface area (Å²) in [5, 5.41) is 3.16. The summed E-state index contributed by atoms with van der Waals surface area (Å²) in [5.74, 6) is 1.50. The Hall–Kier alpha value is -2.83. The molecule has 4 rings (SSSR count). The second kappa shape index (κ2) is 8.68. The van der Waals surface area contributed by atoms with Crippen LogP contribution >= 0.6 is 0 Å². The topological polar surface area (TPSA) is 64.6 Å². The highest BCUT2D eigenvalue weighted by molar-refractivity contribution is 5.74. The van der Waals surface area contributed by atoms with E-state index in [0.717, 1.165) is 69.3 Å². The average molecular weight is 395 g/mol. The lowest BCUT2D eigenvalue weighted by Gasteiger charge is -2.36. The summed E-state index contributed by atoms with van der Waals surface area (Å²) in [6, 6.07) is 10.6. The molecule has 1 N–H and O–H groups in total. The number of urea groups is 1. The van der Waals surface area contributed by atoms with Crippen molar-refractivity contribution in [2.75, 3.05) is 55.6 Å². The summed E-state index contributed by atoms with van der Waals surface area (Å²) in [4.78, 5) is 27.9. The Kier molecular flexibility index (Phi) is 5.83. The molecule has 7 heteroatoms. The number of nitrogens with one attached hydrogen (secondary N) is 1. The van der Waals surface area contributed by atoms with E-state index in [1.807, 2.05) is 17.9 Å². The smallest absolute Gasteiger partial charge is 0.317 e. The molecule has 1 atom stereocenters. The zero-order chi connectivity index (χ0) is 20.2. The first-order valence-electron chi connectivity index (χ1n) is 10.5. The maximum atomic E-state index is 12.6. The van der Waals surface area contributed by atoms with Crippen LogP contribution in [0.3, 0.4) is 0 Å². The van der Waals surface area contributed by atoms with Crippen LogP contribution in [0.25, 0.3) is 0 Å². The van der Waals surface area contributed by atoms with E-state index >= 15 is 0 Å². The van der Waals surface area contributed by atoms with Crippen LogP contribution in [0.5, 0.6) is 0 Å². The average Bonchev–Trinajstić information content (AvgIpc) is 3.24. The molecule has 7 nitrogen and oxygen atoms in total. The number of aromatic nitrogens is 2. The number of carbonyl (C=O) groups excluding carboxylic acids is 1. The van der Waals surface area contributed by atoms with Crippen LogP contribution in [0.1, 0.15) is 17.7 Å². The monoisotopic (exact) mass is 394 g/mol. The number of hydrogen-bond donors (Lipinski definition) is 1. The van der Waals surface area contributed by atoms with Crippen molar-refractivity contribution in [2.24, 2.45) is 5.92 Å². The Morgan fingerprint density at radius 2 is 1.79 bits per heavy atom. The highest BCUT2D eigenvalue weighted by Crippen LogP contribution is 2.23. The van der Waals surface area contributed by atoms with E-state index in [0.29, 0.717) is 5.92 Å². The van der Waals surface area contributed by atoms with Gasteiger partial charge in [-0.15, -0.1) is 0 Å². The molecule has 1 aromatic heterocycles. The van der Waals surface area contributed by atoms with E-state index in [1.165, 1.54) is 5.69 Å². The minimum Gasteiger partial charge on any atom is -0.371 e. The Labute approximate surface area is 172 Å². The highest BCUT2D eigenvalue weighted by atomic mass is 16.2. The van der Waals surface area contributed by atoms with Crippen molar-refractivity contribution < 1.29 is 4.79 Å². The van der Waals surface area contributed by atoms with Crippen molar-refractivity contribution in [1.82, 2.24) is 20.2 Å². The Balaban J connectivity index is 1.23. The molecule has 2 saturated heterocycles. The Morgan fingerprint density at radius 3 is 2.55 bits per heavy atom. The van der Waals surface area contributed by atoms with Crippen LogP contribution in [0.2, 0.25) is 0 Å². The zero-order valence-electron chi connectivity index (χ0n) is 17.3. The molecule has 0 aliphatic carbocycles. The molecule has 0 radical (unpaired) electrons. The summed E-state index contributed by atoms with van der Waals surface area (Å²) in [5.41, 5.74) is 3.40. The van der Waals surface area contributed by atoms with E-state index in [4.69, 9.17) is 0 Å². The van der Waals surface area contributed by atoms with Gasteiger partial charge in [0.1, 0.15) is 12.1 Å². The van der Waals surface area contributed by atoms with Crippen LogP contribution in [0.15, 0.2) is 36.7 Å². The molecular weight excluding hydrogens is 364 g/mol. The first-order chi connectivity index (χ1) is 14.1. The molecule has 2 fully saturated rings. The molecule has 0 saturated carbocycles. The van der Waals surface area contributed by atoms with Gasteiger partial charge in [0.2, 0.25) is 0 Å². The van der Waals surface area contributed by atoms with Gasteiger partial charge >= 0.3 is 6.03 Å². The maximum Gasteiger partial charge on any atom is 0.317 e. The number of nitrogens with zero attached hydrogens (tertiary/aromatic N) is 5. The summed E-state index contributed by atoms with van der Waals surface area (Å²) < 4.78 is 0. The minimum absolute atomic E-state index is 0.0541. The number of benzene rings is 1. The van der Waals surface area contributed by atoms with Crippen LogP contribution in [0.4, 0.5) is 16.3 Å². The lowest BCUT2D eigenvalue weighted by atomic mass is 10.1. The molecule has 154 valence electrons. The molecule has 1 aromatic carbocycles. The van der Waals surface area contributed by atoms with Gasteiger partial charge in [-0.3, -0.25) is 0 Å². The summed E-state index contributed by atoms with van der Waals surface area (Å²) in [7, 11) is 0. The first kappa shape index (κ1) is 19.5. The number of hydrogen-bond acceptors (Lipinski definition) is 5. The van der Waals surface area contributed by atoms with Crippen LogP contribution in [-0.2, 0) is 0 Å². The number of rotatable bonds is 4. The molecule has 0 spiro atoms. The second-order valence-electron chi connectivity index (χ2n) is 8.00. The molecule has 0 bridgehead atoms. The lowest BCUT2D eigenvalue weighted by Crippen LogP contribution is -2.52. The van der Waals surface area contributed by atoms with E-state index in [2.05, 4.69) is 56.3 Å². The Bertz CT molecular complexity index is 834. The predicted molar refractivity (Wildman–Crippen MR) is 115 cm³/mol. The fourth-order valence-corrected chi connectivity index (χ4v) is 4.18. The van der Waals surface area contributed by atoms with Gasteiger partial charge in [0, 0.05) is 62.8 Å². The third-order valence-corrected chi connectivity index (χ3v) is 6.13. The number of anilines is 2. The van der Waals surface area contributed by atoms with E-state index in [1.54, 1.807) is 6.33 Å². The lowest BCUT2D eigenvalue weighted by molar-refractivity contribution is 0.192. The SMILES string of the molecule is Cc1ncnc(N2CCN(C(=O)NC[C@H]3CCN(c4ccccc4)C3)CC2)c1C. The number of para-hydroxylation sites is 1. The van der Waals surface area contributed by atoms with Gasteiger partial charge in [-0.2, -0.15) is 0 Å². The molecule has 3 heterocycles. The fraction of sp³-hybridized carbons (Fsp3) is 0.500. The third-order valence-electron chi connectivity index (χ3n) is 6.13. The van der Waals surface area contributed by atoms with E-state index in [9.17, 15) is 4.79 Å². The highest BCUT2D eigenvalue weighted by Gasteiger charge is 2.26. The first-order valence-corrected chi connectivity index (χ1v) is 10.5. The summed E-state index contributed by atoms with van der Waals surface area (Å²) >= 11 is 0. The van der Waals surface area contributed by atoms with Crippen LogP contribution in [0, 0.1) is 19.8 Å². The van der Waals surface area contributed by atoms with Gasteiger partial charge < -0.3 is 20.0 Å². The van der Waals surface area contributed by atoms with Gasteiger partial charge in [-0.25, -0.2) is 14.8 Å². The largest absolute Gasteiger partial charge is 0.371 e. The fourth-order valence-electron chi connectivity index (χ4n) is 4.18. The molecule has 2 aromatic rings. The molecule has 0 unspecified atom stereocenters. The van der Waals surface area contributed by atoms with Crippen molar-refractivity contribution >= 4 is 17.5 Å². The standard InChI is InChI=1S/C22H30N6O/c1-17-18(2)24-16-25-21(17)26-10-12-27(13-11-26)22(29)23-14-19-8-9-28(15-19)20-6-4-3-5-7-20/h3-7,16,19H,8-15H2,1-2H3,(H,23,29)/t19-/m1/s1. The number of piperazine rings is 1. The third kappa shape index (κ3) is 4.44. The predicted octanol–water partition coefficient (Wildman–Crippen LogP) is 2.45. The second-order valence-corrected chi connectivity index (χ2v) is 8.00. The Morgan fingerprint density at radius 1 is 1.03 bits per heavy atom. The van der Waals surface area contributed by atoms with Crippen molar-refractivity contribution in [3.8, 4) is 0 Å². The van der Waals surface area contributed by atoms with Gasteiger partial charge in [0.15, 0.2) is 0 Å². The summed E-state index contributed by atoms with van der Waals surface area (Å²) in [6.07, 6.45) is 2.74. The maximum absolute atomic E-state index is 12.6. The number of amides is 2.